The van der Waals surface area contributed by atoms with Crippen LogP contribution in [-0.4, -0.2) is 11.4 Å². The lowest BCUT2D eigenvalue weighted by molar-refractivity contribution is 0.111. The Hall–Kier alpha value is -0.770. The molecule has 0 amide bonds. The van der Waals surface area contributed by atoms with Gasteiger partial charge in [-0.25, -0.2) is 0 Å². The Morgan fingerprint density at radius 1 is 1.60 bits per heavy atom. The number of carbonyl (C=O) groups is 1. The van der Waals surface area contributed by atoms with Crippen molar-refractivity contribution in [3.05, 3.63) is 17.0 Å². The maximum atomic E-state index is 10.3. The van der Waals surface area contributed by atoms with E-state index in [4.69, 9.17) is 4.52 Å². The van der Waals surface area contributed by atoms with Crippen LogP contribution in [0.4, 0.5) is 0 Å². The maximum Gasteiger partial charge on any atom is 0.172 e. The zero-order chi connectivity index (χ0) is 6.97. The Kier molecular flexibility index (Phi) is 1.27. The normalized spacial score (nSPS) is 15.2. The van der Waals surface area contributed by atoms with Crippen LogP contribution >= 0.6 is 11.8 Å². The Bertz CT molecular complexity index is 269. The molecule has 1 aliphatic rings. The van der Waals surface area contributed by atoms with Crippen molar-refractivity contribution in [3.63, 3.8) is 0 Å². The zero-order valence-corrected chi connectivity index (χ0v) is 5.98. The summed E-state index contributed by atoms with van der Waals surface area (Å²) in [5.74, 6) is 2.59. The van der Waals surface area contributed by atoms with Gasteiger partial charge in [-0.05, 0) is 0 Å². The van der Waals surface area contributed by atoms with Crippen LogP contribution in [0, 0.1) is 0 Å². The minimum atomic E-state index is 0.472. The quantitative estimate of drug-likeness (QED) is 0.572. The lowest BCUT2D eigenvalue weighted by Gasteiger charge is -1.81. The first kappa shape index (κ1) is 5.97. The van der Waals surface area contributed by atoms with E-state index in [2.05, 4.69) is 5.16 Å². The summed E-state index contributed by atoms with van der Waals surface area (Å²) in [5, 5.41) is 3.60. The summed E-state index contributed by atoms with van der Waals surface area (Å²) in [5.41, 5.74) is 1.46. The van der Waals surface area contributed by atoms with Crippen LogP contribution in [0.15, 0.2) is 4.52 Å². The Balaban J connectivity index is 2.53. The fourth-order valence-corrected chi connectivity index (χ4v) is 1.99. The van der Waals surface area contributed by atoms with Gasteiger partial charge in [0.2, 0.25) is 0 Å². The van der Waals surface area contributed by atoms with Gasteiger partial charge < -0.3 is 4.52 Å². The standard InChI is InChI=1S/C6H5NO2S/c8-1-5-4-2-10-3-6(4)9-7-5/h1H,2-3H2. The van der Waals surface area contributed by atoms with Gasteiger partial charge in [0.25, 0.3) is 0 Å². The smallest absolute Gasteiger partial charge is 0.172 e. The summed E-state index contributed by atoms with van der Waals surface area (Å²) < 4.78 is 4.90. The molecule has 1 aromatic rings. The van der Waals surface area contributed by atoms with Crippen LogP contribution in [-0.2, 0) is 11.5 Å². The monoisotopic (exact) mass is 155 g/mol. The van der Waals surface area contributed by atoms with Gasteiger partial charge in [-0.3, -0.25) is 4.79 Å². The predicted octanol–water partition coefficient (Wildman–Crippen LogP) is 1.23. The van der Waals surface area contributed by atoms with Crippen LogP contribution < -0.4 is 0 Å². The van der Waals surface area contributed by atoms with Crippen molar-refractivity contribution in [2.45, 2.75) is 11.5 Å². The maximum absolute atomic E-state index is 10.3. The minimum absolute atomic E-state index is 0.472. The van der Waals surface area contributed by atoms with Gasteiger partial charge in [0.1, 0.15) is 0 Å². The minimum Gasteiger partial charge on any atom is -0.359 e. The highest BCUT2D eigenvalue weighted by Crippen LogP contribution is 2.31. The summed E-state index contributed by atoms with van der Waals surface area (Å²) in [6, 6.07) is 0. The van der Waals surface area contributed by atoms with Gasteiger partial charge >= 0.3 is 0 Å². The number of nitrogens with zero attached hydrogens (tertiary/aromatic N) is 1. The molecule has 0 bridgehead atoms. The molecule has 0 aliphatic carbocycles. The van der Waals surface area contributed by atoms with Crippen LogP contribution in [0.5, 0.6) is 0 Å². The third-order valence-corrected chi connectivity index (χ3v) is 2.45. The third kappa shape index (κ3) is 0.686. The van der Waals surface area contributed by atoms with Gasteiger partial charge in [-0.2, -0.15) is 0 Å². The topological polar surface area (TPSA) is 43.1 Å². The molecule has 0 saturated heterocycles. The molecule has 0 spiro atoms. The highest BCUT2D eigenvalue weighted by Gasteiger charge is 2.20. The number of hydrogen-bond acceptors (Lipinski definition) is 4. The highest BCUT2D eigenvalue weighted by atomic mass is 32.2. The van der Waals surface area contributed by atoms with Crippen molar-refractivity contribution in [2.24, 2.45) is 0 Å². The first-order valence-electron chi connectivity index (χ1n) is 2.92. The molecule has 0 radical (unpaired) electrons. The lowest BCUT2D eigenvalue weighted by Crippen LogP contribution is -1.83. The van der Waals surface area contributed by atoms with E-state index in [1.54, 1.807) is 11.8 Å². The Labute approximate surface area is 61.8 Å². The molecule has 10 heavy (non-hydrogen) atoms. The summed E-state index contributed by atoms with van der Waals surface area (Å²) in [7, 11) is 0. The Morgan fingerprint density at radius 2 is 2.50 bits per heavy atom. The van der Waals surface area contributed by atoms with E-state index >= 15 is 0 Å². The highest BCUT2D eigenvalue weighted by molar-refractivity contribution is 7.98. The number of carbonyl (C=O) groups excluding carboxylic acids is 1. The predicted molar refractivity (Wildman–Crippen MR) is 36.9 cm³/mol. The van der Waals surface area contributed by atoms with E-state index in [9.17, 15) is 4.79 Å². The van der Waals surface area contributed by atoms with Gasteiger partial charge in [0, 0.05) is 11.3 Å². The molecular formula is C6H5NO2S. The summed E-state index contributed by atoms with van der Waals surface area (Å²) in [6.07, 6.45) is 0.744. The third-order valence-electron chi connectivity index (χ3n) is 1.49. The first-order chi connectivity index (χ1) is 4.92. The zero-order valence-electron chi connectivity index (χ0n) is 5.16. The van der Waals surface area contributed by atoms with Crippen molar-refractivity contribution >= 4 is 18.0 Å². The van der Waals surface area contributed by atoms with Gasteiger partial charge in [-0.15, -0.1) is 11.8 Å². The number of fused-ring (bicyclic) bond motifs is 1. The molecule has 3 nitrogen and oxygen atoms in total. The van der Waals surface area contributed by atoms with Crippen molar-refractivity contribution in [3.8, 4) is 0 Å². The molecule has 2 heterocycles. The largest absolute Gasteiger partial charge is 0.359 e. The van der Waals surface area contributed by atoms with Crippen LogP contribution in [0.1, 0.15) is 21.8 Å². The number of hydrogen-bond donors (Lipinski definition) is 0. The van der Waals surface area contributed by atoms with Crippen molar-refractivity contribution in [1.29, 1.82) is 0 Å². The molecule has 0 atom stereocenters. The number of aromatic nitrogens is 1. The Morgan fingerprint density at radius 3 is 3.30 bits per heavy atom. The van der Waals surface area contributed by atoms with Crippen LogP contribution in [0.3, 0.4) is 0 Å². The molecule has 1 aliphatic heterocycles. The summed E-state index contributed by atoms with van der Waals surface area (Å²) >= 11 is 1.75. The fraction of sp³-hybridized carbons (Fsp3) is 0.333. The number of rotatable bonds is 1. The lowest BCUT2D eigenvalue weighted by atomic mass is 10.2. The van der Waals surface area contributed by atoms with Crippen molar-refractivity contribution < 1.29 is 9.32 Å². The van der Waals surface area contributed by atoms with E-state index in [1.807, 2.05) is 0 Å². The molecule has 0 saturated carbocycles. The molecular weight excluding hydrogens is 150 g/mol. The average molecular weight is 155 g/mol. The number of aldehydes is 1. The molecule has 0 unspecified atom stereocenters. The second-order valence-corrected chi connectivity index (χ2v) is 3.07. The van der Waals surface area contributed by atoms with Gasteiger partial charge in [0.15, 0.2) is 17.7 Å². The fourth-order valence-electron chi connectivity index (χ4n) is 0.964. The van der Waals surface area contributed by atoms with E-state index in [-0.39, 0.29) is 0 Å². The molecule has 1 aromatic heterocycles. The number of thioether (sulfide) groups is 1. The van der Waals surface area contributed by atoms with Gasteiger partial charge in [0.05, 0.1) is 5.75 Å². The van der Waals surface area contributed by atoms with E-state index in [0.29, 0.717) is 5.69 Å². The average Bonchev–Trinajstić information content (AvgIpc) is 2.44. The molecule has 0 N–H and O–H groups in total. The van der Waals surface area contributed by atoms with Gasteiger partial charge in [-0.1, -0.05) is 5.16 Å². The summed E-state index contributed by atoms with van der Waals surface area (Å²) in [4.78, 5) is 10.3. The van der Waals surface area contributed by atoms with Crippen LogP contribution in [0.2, 0.25) is 0 Å². The molecule has 4 heteroatoms. The molecule has 0 aromatic carbocycles. The summed E-state index contributed by atoms with van der Waals surface area (Å²) in [6.45, 7) is 0. The van der Waals surface area contributed by atoms with Crippen molar-refractivity contribution in [2.75, 3.05) is 0 Å². The van der Waals surface area contributed by atoms with E-state index in [0.717, 1.165) is 29.1 Å². The van der Waals surface area contributed by atoms with E-state index in [1.165, 1.54) is 0 Å². The van der Waals surface area contributed by atoms with Crippen LogP contribution in [0.25, 0.3) is 0 Å². The van der Waals surface area contributed by atoms with Crippen molar-refractivity contribution in [1.82, 2.24) is 5.16 Å². The second kappa shape index (κ2) is 2.12. The SMILES string of the molecule is O=Cc1noc2c1CSC2. The molecule has 2 rings (SSSR count). The molecule has 0 fully saturated rings. The second-order valence-electron chi connectivity index (χ2n) is 2.08. The first-order valence-corrected chi connectivity index (χ1v) is 4.07. The van der Waals surface area contributed by atoms with E-state index < -0.39 is 0 Å². The molecule has 52 valence electrons.